The lowest BCUT2D eigenvalue weighted by molar-refractivity contribution is -0.115. The van der Waals surface area contributed by atoms with Crippen molar-refractivity contribution in [3.05, 3.63) is 48.0 Å². The second kappa shape index (κ2) is 6.72. The number of rotatable bonds is 4. The van der Waals surface area contributed by atoms with E-state index in [2.05, 4.69) is 23.9 Å². The van der Waals surface area contributed by atoms with Gasteiger partial charge in [-0.1, -0.05) is 26.0 Å². The van der Waals surface area contributed by atoms with Crippen LogP contribution in [0.15, 0.2) is 52.3 Å². The smallest absolute Gasteiger partial charge is 0.261 e. The van der Waals surface area contributed by atoms with Crippen molar-refractivity contribution in [3.63, 3.8) is 0 Å². The highest BCUT2D eigenvalue weighted by molar-refractivity contribution is 8.01. The zero-order valence-corrected chi connectivity index (χ0v) is 15.9. The second-order valence-electron chi connectivity index (χ2n) is 6.29. The summed E-state index contributed by atoms with van der Waals surface area (Å²) in [6, 6.07) is 12.1. The Kier molecular flexibility index (Phi) is 4.79. The molecule has 0 saturated heterocycles. The first-order valence-electron chi connectivity index (χ1n) is 8.00. The molecule has 0 radical (unpaired) electrons. The molecule has 0 spiro atoms. The minimum atomic E-state index is -3.72. The fourth-order valence-electron chi connectivity index (χ4n) is 2.51. The molecule has 1 aliphatic rings. The van der Waals surface area contributed by atoms with Gasteiger partial charge in [-0.25, -0.2) is 8.42 Å². The van der Waals surface area contributed by atoms with E-state index in [1.54, 1.807) is 24.3 Å². The average molecular weight is 377 g/mol. The van der Waals surface area contributed by atoms with Crippen LogP contribution >= 0.6 is 11.8 Å². The van der Waals surface area contributed by atoms with Crippen LogP contribution in [0.4, 0.5) is 11.4 Å². The SMILES string of the molecule is CC1Sc2ccc(S(=O)(=O)Nc3ccc(C(C)C)cc3)cc2NC1=O. The molecule has 2 N–H and O–H groups in total. The first kappa shape index (κ1) is 17.8. The fraction of sp³-hybridized carbons (Fsp3) is 0.278. The molecule has 25 heavy (non-hydrogen) atoms. The highest BCUT2D eigenvalue weighted by Gasteiger charge is 2.25. The molecule has 5 nitrogen and oxygen atoms in total. The summed E-state index contributed by atoms with van der Waals surface area (Å²) in [7, 11) is -3.72. The first-order valence-corrected chi connectivity index (χ1v) is 10.4. The molecule has 0 bridgehead atoms. The lowest BCUT2D eigenvalue weighted by Gasteiger charge is -2.22. The summed E-state index contributed by atoms with van der Waals surface area (Å²) < 4.78 is 27.8. The molecule has 1 amide bonds. The van der Waals surface area contributed by atoms with Gasteiger partial charge in [-0.2, -0.15) is 0 Å². The second-order valence-corrected chi connectivity index (χ2v) is 9.35. The van der Waals surface area contributed by atoms with Gasteiger partial charge in [-0.15, -0.1) is 11.8 Å². The van der Waals surface area contributed by atoms with E-state index >= 15 is 0 Å². The van der Waals surface area contributed by atoms with Crippen molar-refractivity contribution >= 4 is 39.1 Å². The van der Waals surface area contributed by atoms with Crippen LogP contribution in [0, 0.1) is 0 Å². The lowest BCUT2D eigenvalue weighted by atomic mass is 10.0. The average Bonchev–Trinajstić information content (AvgIpc) is 2.55. The molecule has 3 rings (SSSR count). The molecule has 1 aliphatic heterocycles. The van der Waals surface area contributed by atoms with E-state index < -0.39 is 10.0 Å². The Morgan fingerprint density at radius 3 is 2.44 bits per heavy atom. The Balaban J connectivity index is 1.85. The molecule has 132 valence electrons. The quantitative estimate of drug-likeness (QED) is 0.844. The summed E-state index contributed by atoms with van der Waals surface area (Å²) >= 11 is 1.42. The standard InChI is InChI=1S/C18H20N2O3S2/c1-11(2)13-4-6-14(7-5-13)20-25(22,23)15-8-9-17-16(10-15)19-18(21)12(3)24-17/h4-12,20H,1-3H3,(H,19,21). The van der Waals surface area contributed by atoms with E-state index in [1.807, 2.05) is 19.1 Å². The Labute approximate surface area is 152 Å². The number of hydrogen-bond donors (Lipinski definition) is 2. The molecule has 0 saturated carbocycles. The molecule has 1 atom stereocenters. The van der Waals surface area contributed by atoms with Crippen LogP contribution in [-0.2, 0) is 14.8 Å². The van der Waals surface area contributed by atoms with Crippen LogP contribution in [0.2, 0.25) is 0 Å². The maximum absolute atomic E-state index is 12.6. The van der Waals surface area contributed by atoms with Gasteiger partial charge in [0.25, 0.3) is 10.0 Å². The van der Waals surface area contributed by atoms with Crippen molar-refractivity contribution in [1.82, 2.24) is 0 Å². The van der Waals surface area contributed by atoms with Crippen molar-refractivity contribution in [3.8, 4) is 0 Å². The molecule has 1 unspecified atom stereocenters. The molecular weight excluding hydrogens is 356 g/mol. The number of benzene rings is 2. The van der Waals surface area contributed by atoms with Crippen molar-refractivity contribution in [2.45, 2.75) is 41.7 Å². The zero-order valence-electron chi connectivity index (χ0n) is 14.2. The van der Waals surface area contributed by atoms with E-state index in [0.717, 1.165) is 10.5 Å². The Hall–Kier alpha value is -1.99. The number of thioether (sulfide) groups is 1. The summed E-state index contributed by atoms with van der Waals surface area (Å²) in [5, 5.41) is 2.57. The van der Waals surface area contributed by atoms with Crippen molar-refractivity contribution in [2.75, 3.05) is 10.0 Å². The third kappa shape index (κ3) is 3.82. The number of carbonyl (C=O) groups is 1. The van der Waals surface area contributed by atoms with Crippen LogP contribution in [0.1, 0.15) is 32.3 Å². The largest absolute Gasteiger partial charge is 0.324 e. The van der Waals surface area contributed by atoms with Crippen LogP contribution < -0.4 is 10.0 Å². The van der Waals surface area contributed by atoms with E-state index in [0.29, 0.717) is 17.3 Å². The maximum atomic E-state index is 12.6. The number of anilines is 2. The minimum Gasteiger partial charge on any atom is -0.324 e. The molecule has 0 aliphatic carbocycles. The van der Waals surface area contributed by atoms with Crippen LogP contribution in [0.3, 0.4) is 0 Å². The predicted molar refractivity (Wildman–Crippen MR) is 102 cm³/mol. The molecular formula is C18H20N2O3S2. The third-order valence-corrected chi connectivity index (χ3v) is 6.58. The maximum Gasteiger partial charge on any atom is 0.261 e. The summed E-state index contributed by atoms with van der Waals surface area (Å²) in [5.74, 6) is 0.263. The van der Waals surface area contributed by atoms with E-state index in [4.69, 9.17) is 0 Å². The molecule has 0 fully saturated rings. The number of sulfonamides is 1. The fourth-order valence-corrected chi connectivity index (χ4v) is 4.52. The topological polar surface area (TPSA) is 75.3 Å². The van der Waals surface area contributed by atoms with Gasteiger partial charge in [0.2, 0.25) is 5.91 Å². The Morgan fingerprint density at radius 1 is 1.12 bits per heavy atom. The molecule has 2 aromatic rings. The Morgan fingerprint density at radius 2 is 1.80 bits per heavy atom. The van der Waals surface area contributed by atoms with Crippen molar-refractivity contribution in [1.29, 1.82) is 0 Å². The first-order chi connectivity index (χ1) is 11.8. The normalized spacial score (nSPS) is 17.1. The Bertz CT molecular complexity index is 906. The minimum absolute atomic E-state index is 0.120. The highest BCUT2D eigenvalue weighted by Crippen LogP contribution is 2.37. The molecule has 0 aromatic heterocycles. The number of carbonyl (C=O) groups excluding carboxylic acids is 1. The number of nitrogens with one attached hydrogen (secondary N) is 2. The summed E-state index contributed by atoms with van der Waals surface area (Å²) in [4.78, 5) is 12.8. The van der Waals surface area contributed by atoms with Gasteiger partial charge >= 0.3 is 0 Å². The molecule has 7 heteroatoms. The van der Waals surface area contributed by atoms with E-state index in [1.165, 1.54) is 17.8 Å². The third-order valence-electron chi connectivity index (χ3n) is 4.02. The number of fused-ring (bicyclic) bond motifs is 1. The monoisotopic (exact) mass is 376 g/mol. The van der Waals surface area contributed by atoms with Crippen molar-refractivity contribution in [2.24, 2.45) is 0 Å². The number of hydrogen-bond acceptors (Lipinski definition) is 4. The lowest BCUT2D eigenvalue weighted by Crippen LogP contribution is -2.26. The zero-order chi connectivity index (χ0) is 18.2. The van der Waals surface area contributed by atoms with Gasteiger partial charge in [-0.3, -0.25) is 9.52 Å². The van der Waals surface area contributed by atoms with Gasteiger partial charge in [0.05, 0.1) is 15.8 Å². The van der Waals surface area contributed by atoms with Gasteiger partial charge < -0.3 is 5.32 Å². The van der Waals surface area contributed by atoms with Gasteiger partial charge in [0.1, 0.15) is 0 Å². The molecule has 2 aromatic carbocycles. The van der Waals surface area contributed by atoms with E-state index in [-0.39, 0.29) is 16.1 Å². The predicted octanol–water partition coefficient (Wildman–Crippen LogP) is 4.04. The van der Waals surface area contributed by atoms with Crippen molar-refractivity contribution < 1.29 is 13.2 Å². The van der Waals surface area contributed by atoms with E-state index in [9.17, 15) is 13.2 Å². The van der Waals surface area contributed by atoms with Crippen LogP contribution in [-0.4, -0.2) is 19.6 Å². The van der Waals surface area contributed by atoms with Gasteiger partial charge in [-0.05, 0) is 48.7 Å². The summed E-state index contributed by atoms with van der Waals surface area (Å²) in [6.07, 6.45) is 0. The van der Waals surface area contributed by atoms with Crippen LogP contribution in [0.25, 0.3) is 0 Å². The van der Waals surface area contributed by atoms with Gasteiger partial charge in [0, 0.05) is 10.6 Å². The highest BCUT2D eigenvalue weighted by atomic mass is 32.2. The summed E-state index contributed by atoms with van der Waals surface area (Å²) in [6.45, 7) is 5.98. The summed E-state index contributed by atoms with van der Waals surface area (Å²) in [5.41, 5.74) is 2.19. The molecule has 1 heterocycles. The van der Waals surface area contributed by atoms with Crippen LogP contribution in [0.5, 0.6) is 0 Å². The number of amides is 1. The van der Waals surface area contributed by atoms with Gasteiger partial charge in [0.15, 0.2) is 0 Å².